The minimum Gasteiger partial charge on any atom is -0.396 e. The summed E-state index contributed by atoms with van der Waals surface area (Å²) in [5.74, 6) is 0.769. The molecular formula is C16H23NO2. The van der Waals surface area contributed by atoms with Gasteiger partial charge in [-0.25, -0.2) is 0 Å². The fraction of sp³-hybridized carbons (Fsp3) is 0.562. The second-order valence-corrected chi connectivity index (χ2v) is 5.57. The number of carbonyl (C=O) groups is 1. The van der Waals surface area contributed by atoms with Crippen molar-refractivity contribution in [3.8, 4) is 0 Å². The topological polar surface area (TPSA) is 49.3 Å². The van der Waals surface area contributed by atoms with Crippen molar-refractivity contribution in [2.75, 3.05) is 13.2 Å². The maximum Gasteiger partial charge on any atom is 0.251 e. The lowest BCUT2D eigenvalue weighted by atomic mass is 9.79. The van der Waals surface area contributed by atoms with Gasteiger partial charge in [0.25, 0.3) is 5.91 Å². The lowest BCUT2D eigenvalue weighted by Crippen LogP contribution is -2.35. The van der Waals surface area contributed by atoms with Crippen molar-refractivity contribution in [2.24, 2.45) is 11.8 Å². The lowest BCUT2D eigenvalue weighted by Gasteiger charge is -2.30. The second-order valence-electron chi connectivity index (χ2n) is 5.57. The van der Waals surface area contributed by atoms with E-state index in [1.54, 1.807) is 0 Å². The molecule has 1 fully saturated rings. The molecule has 3 nitrogen and oxygen atoms in total. The van der Waals surface area contributed by atoms with Gasteiger partial charge in [-0.3, -0.25) is 4.79 Å². The van der Waals surface area contributed by atoms with Crippen LogP contribution in [0.15, 0.2) is 24.3 Å². The molecule has 1 aromatic rings. The quantitative estimate of drug-likeness (QED) is 0.875. The third-order valence-corrected chi connectivity index (χ3v) is 4.11. The van der Waals surface area contributed by atoms with Crippen LogP contribution in [0.25, 0.3) is 0 Å². The van der Waals surface area contributed by atoms with Crippen LogP contribution in [0.4, 0.5) is 0 Å². The van der Waals surface area contributed by atoms with Gasteiger partial charge in [0, 0.05) is 18.7 Å². The van der Waals surface area contributed by atoms with E-state index in [1.807, 2.05) is 31.2 Å². The fourth-order valence-electron chi connectivity index (χ4n) is 2.91. The van der Waals surface area contributed by atoms with E-state index >= 15 is 0 Å². The SMILES string of the molecule is Cc1cccc(C(=O)NCC2CCCCC2CO)c1. The minimum absolute atomic E-state index is 0.00837. The molecule has 3 heteroatoms. The Hall–Kier alpha value is -1.35. The zero-order valence-corrected chi connectivity index (χ0v) is 11.6. The maximum absolute atomic E-state index is 12.1. The van der Waals surface area contributed by atoms with E-state index in [9.17, 15) is 9.90 Å². The van der Waals surface area contributed by atoms with Gasteiger partial charge in [-0.2, -0.15) is 0 Å². The van der Waals surface area contributed by atoms with Gasteiger partial charge < -0.3 is 10.4 Å². The Kier molecular flexibility index (Phi) is 4.97. The maximum atomic E-state index is 12.1. The van der Waals surface area contributed by atoms with Crippen LogP contribution in [-0.2, 0) is 0 Å². The number of rotatable bonds is 4. The first kappa shape index (κ1) is 14.1. The molecule has 1 aliphatic rings. The molecule has 0 aliphatic heterocycles. The average molecular weight is 261 g/mol. The van der Waals surface area contributed by atoms with Crippen LogP contribution in [0.2, 0.25) is 0 Å². The normalized spacial score (nSPS) is 23.1. The van der Waals surface area contributed by atoms with Gasteiger partial charge in [0.05, 0.1) is 0 Å². The third-order valence-electron chi connectivity index (χ3n) is 4.11. The largest absolute Gasteiger partial charge is 0.396 e. The number of benzene rings is 1. The monoisotopic (exact) mass is 261 g/mol. The Labute approximate surface area is 115 Å². The summed E-state index contributed by atoms with van der Waals surface area (Å²) in [5, 5.41) is 12.4. The molecule has 1 saturated carbocycles. The first-order valence-electron chi connectivity index (χ1n) is 7.16. The third kappa shape index (κ3) is 3.80. The van der Waals surface area contributed by atoms with Gasteiger partial charge in [0.15, 0.2) is 0 Å². The second kappa shape index (κ2) is 6.71. The van der Waals surface area contributed by atoms with E-state index in [-0.39, 0.29) is 12.5 Å². The van der Waals surface area contributed by atoms with Crippen molar-refractivity contribution in [2.45, 2.75) is 32.6 Å². The number of aryl methyl sites for hydroxylation is 1. The summed E-state index contributed by atoms with van der Waals surface area (Å²) in [6.45, 7) is 2.91. The summed E-state index contributed by atoms with van der Waals surface area (Å²) in [7, 11) is 0. The molecule has 0 spiro atoms. The molecule has 0 saturated heterocycles. The van der Waals surface area contributed by atoms with Crippen LogP contribution in [0.5, 0.6) is 0 Å². The van der Waals surface area contributed by atoms with Gasteiger partial charge >= 0.3 is 0 Å². The van der Waals surface area contributed by atoms with Crippen LogP contribution < -0.4 is 5.32 Å². The Balaban J connectivity index is 1.89. The van der Waals surface area contributed by atoms with Crippen LogP contribution in [0.3, 0.4) is 0 Å². The van der Waals surface area contributed by atoms with E-state index in [0.717, 1.165) is 24.0 Å². The number of hydrogen-bond donors (Lipinski definition) is 2. The van der Waals surface area contributed by atoms with E-state index in [2.05, 4.69) is 5.32 Å². The summed E-state index contributed by atoms with van der Waals surface area (Å²) in [6, 6.07) is 7.63. The minimum atomic E-state index is -0.00837. The molecular weight excluding hydrogens is 238 g/mol. The molecule has 19 heavy (non-hydrogen) atoms. The summed E-state index contributed by atoms with van der Waals surface area (Å²) in [6.07, 6.45) is 4.61. The molecule has 104 valence electrons. The van der Waals surface area contributed by atoms with E-state index in [1.165, 1.54) is 12.8 Å². The molecule has 2 rings (SSSR count). The molecule has 0 heterocycles. The number of aliphatic hydroxyl groups excluding tert-OH is 1. The summed E-state index contributed by atoms with van der Waals surface area (Å²) in [4.78, 5) is 12.1. The Morgan fingerprint density at radius 3 is 2.74 bits per heavy atom. The van der Waals surface area contributed by atoms with Gasteiger partial charge in [-0.15, -0.1) is 0 Å². The highest BCUT2D eigenvalue weighted by Crippen LogP contribution is 2.29. The molecule has 1 aromatic carbocycles. The Bertz CT molecular complexity index is 431. The van der Waals surface area contributed by atoms with Gasteiger partial charge in [0.2, 0.25) is 0 Å². The molecule has 0 bridgehead atoms. The van der Waals surface area contributed by atoms with Gasteiger partial charge in [-0.05, 0) is 43.7 Å². The van der Waals surface area contributed by atoms with Crippen molar-refractivity contribution < 1.29 is 9.90 Å². The van der Waals surface area contributed by atoms with Crippen LogP contribution in [0, 0.1) is 18.8 Å². The Morgan fingerprint density at radius 2 is 2.05 bits per heavy atom. The van der Waals surface area contributed by atoms with Crippen LogP contribution >= 0.6 is 0 Å². The number of aliphatic hydroxyl groups is 1. The summed E-state index contributed by atoms with van der Waals surface area (Å²) < 4.78 is 0. The average Bonchev–Trinajstić information content (AvgIpc) is 2.45. The molecule has 2 unspecified atom stereocenters. The van der Waals surface area contributed by atoms with Crippen molar-refractivity contribution >= 4 is 5.91 Å². The Morgan fingerprint density at radius 1 is 1.32 bits per heavy atom. The predicted molar refractivity (Wildman–Crippen MR) is 76.0 cm³/mol. The van der Waals surface area contributed by atoms with Gasteiger partial charge in [-0.1, -0.05) is 30.5 Å². The molecule has 1 amide bonds. The van der Waals surface area contributed by atoms with E-state index in [0.29, 0.717) is 18.4 Å². The molecule has 2 N–H and O–H groups in total. The zero-order chi connectivity index (χ0) is 13.7. The molecule has 0 aromatic heterocycles. The van der Waals surface area contributed by atoms with Crippen LogP contribution in [-0.4, -0.2) is 24.2 Å². The van der Waals surface area contributed by atoms with Gasteiger partial charge in [0.1, 0.15) is 0 Å². The van der Waals surface area contributed by atoms with Crippen LogP contribution in [0.1, 0.15) is 41.6 Å². The number of nitrogens with one attached hydrogen (secondary N) is 1. The standard InChI is InChI=1S/C16H23NO2/c1-12-5-4-8-13(9-12)16(19)17-10-14-6-2-3-7-15(14)11-18/h4-5,8-9,14-15,18H,2-3,6-7,10-11H2,1H3,(H,17,19). The smallest absolute Gasteiger partial charge is 0.251 e. The number of carbonyl (C=O) groups excluding carboxylic acids is 1. The van der Waals surface area contributed by atoms with Crippen molar-refractivity contribution in [3.05, 3.63) is 35.4 Å². The highest BCUT2D eigenvalue weighted by Gasteiger charge is 2.24. The molecule has 0 radical (unpaired) electrons. The fourth-order valence-corrected chi connectivity index (χ4v) is 2.91. The highest BCUT2D eigenvalue weighted by atomic mass is 16.3. The summed E-state index contributed by atoms with van der Waals surface area (Å²) in [5.41, 5.74) is 1.81. The molecule has 1 aliphatic carbocycles. The van der Waals surface area contributed by atoms with Crippen molar-refractivity contribution in [1.82, 2.24) is 5.32 Å². The van der Waals surface area contributed by atoms with Crippen molar-refractivity contribution in [3.63, 3.8) is 0 Å². The van der Waals surface area contributed by atoms with E-state index in [4.69, 9.17) is 0 Å². The van der Waals surface area contributed by atoms with E-state index < -0.39 is 0 Å². The number of hydrogen-bond acceptors (Lipinski definition) is 2. The first-order valence-corrected chi connectivity index (χ1v) is 7.16. The number of amides is 1. The molecule has 2 atom stereocenters. The first-order chi connectivity index (χ1) is 9.20. The predicted octanol–water partition coefficient (Wildman–Crippen LogP) is 2.52. The highest BCUT2D eigenvalue weighted by molar-refractivity contribution is 5.94. The lowest BCUT2D eigenvalue weighted by molar-refractivity contribution is 0.0909. The zero-order valence-electron chi connectivity index (χ0n) is 11.6. The van der Waals surface area contributed by atoms with Crippen molar-refractivity contribution in [1.29, 1.82) is 0 Å². The summed E-state index contributed by atoms with van der Waals surface area (Å²) >= 11 is 0.